The molecule has 0 radical (unpaired) electrons. The molecule has 2 aromatic carbocycles. The molecule has 0 heterocycles. The fourth-order valence-electron chi connectivity index (χ4n) is 1.83. The molecule has 0 bridgehead atoms. The van der Waals surface area contributed by atoms with Crippen molar-refractivity contribution < 1.29 is 9.90 Å². The van der Waals surface area contributed by atoms with Gasteiger partial charge in [-0.15, -0.1) is 12.8 Å². The fourth-order valence-corrected chi connectivity index (χ4v) is 1.83. The number of terminal acetylenes is 2. The highest BCUT2D eigenvalue weighted by Crippen LogP contribution is 2.25. The molecule has 1 N–H and O–H groups in total. The number of rotatable bonds is 1. The van der Waals surface area contributed by atoms with Crippen molar-refractivity contribution in [1.82, 2.24) is 0 Å². The first-order valence-electron chi connectivity index (χ1n) is 4.91. The second kappa shape index (κ2) is 4.04. The smallest absolute Gasteiger partial charge is 0.336 e. The predicted molar refractivity (Wildman–Crippen MR) is 66.8 cm³/mol. The first-order chi connectivity index (χ1) is 8.19. The SMILES string of the molecule is C#Cc1cccc2c(C(=O)O)ccc(C#C)c12. The van der Waals surface area contributed by atoms with Crippen LogP contribution in [0, 0.1) is 24.7 Å². The van der Waals surface area contributed by atoms with Crippen LogP contribution < -0.4 is 0 Å². The van der Waals surface area contributed by atoms with E-state index in [0.29, 0.717) is 21.9 Å². The Morgan fingerprint density at radius 1 is 1.06 bits per heavy atom. The van der Waals surface area contributed by atoms with Crippen LogP contribution in [0.5, 0.6) is 0 Å². The average molecular weight is 220 g/mol. The lowest BCUT2D eigenvalue weighted by molar-refractivity contribution is 0.0699. The van der Waals surface area contributed by atoms with Crippen LogP contribution in [-0.4, -0.2) is 11.1 Å². The Balaban J connectivity index is 3.02. The molecule has 0 saturated carbocycles. The molecule has 2 rings (SSSR count). The summed E-state index contributed by atoms with van der Waals surface area (Å²) in [6.45, 7) is 0. The molecular formula is C15H8O2. The van der Waals surface area contributed by atoms with E-state index in [1.807, 2.05) is 0 Å². The standard InChI is InChI=1S/C15H8O2/c1-3-10-6-5-7-12-13(15(16)17)9-8-11(4-2)14(10)12/h1-2,5-9H,(H,16,17). The van der Waals surface area contributed by atoms with Gasteiger partial charge in [0.15, 0.2) is 0 Å². The van der Waals surface area contributed by atoms with Crippen LogP contribution in [0.15, 0.2) is 30.3 Å². The predicted octanol–water partition coefficient (Wildman–Crippen LogP) is 2.50. The van der Waals surface area contributed by atoms with Crippen LogP contribution in [0.1, 0.15) is 21.5 Å². The normalized spacial score (nSPS) is 9.53. The van der Waals surface area contributed by atoms with Gasteiger partial charge in [0.05, 0.1) is 5.56 Å². The van der Waals surface area contributed by atoms with E-state index >= 15 is 0 Å². The van der Waals surface area contributed by atoms with E-state index in [9.17, 15) is 4.79 Å². The molecule has 2 aromatic rings. The van der Waals surface area contributed by atoms with Gasteiger partial charge < -0.3 is 5.11 Å². The van der Waals surface area contributed by atoms with Gasteiger partial charge in [0, 0.05) is 16.5 Å². The summed E-state index contributed by atoms with van der Waals surface area (Å²) in [4.78, 5) is 11.1. The van der Waals surface area contributed by atoms with Gasteiger partial charge in [0.2, 0.25) is 0 Å². The van der Waals surface area contributed by atoms with Gasteiger partial charge in [-0.25, -0.2) is 4.79 Å². The maximum absolute atomic E-state index is 11.1. The van der Waals surface area contributed by atoms with Gasteiger partial charge in [0.25, 0.3) is 0 Å². The van der Waals surface area contributed by atoms with Crippen molar-refractivity contribution in [2.75, 3.05) is 0 Å². The summed E-state index contributed by atoms with van der Waals surface area (Å²) in [5.41, 5.74) is 1.42. The maximum atomic E-state index is 11.1. The summed E-state index contributed by atoms with van der Waals surface area (Å²) in [6.07, 6.45) is 10.8. The Morgan fingerprint density at radius 3 is 2.29 bits per heavy atom. The molecular weight excluding hydrogens is 212 g/mol. The first-order valence-corrected chi connectivity index (χ1v) is 4.91. The van der Waals surface area contributed by atoms with Crippen molar-refractivity contribution in [1.29, 1.82) is 0 Å². The molecule has 17 heavy (non-hydrogen) atoms. The minimum Gasteiger partial charge on any atom is -0.478 e. The number of carbonyl (C=O) groups is 1. The van der Waals surface area contributed by atoms with Gasteiger partial charge >= 0.3 is 5.97 Å². The van der Waals surface area contributed by atoms with Gasteiger partial charge in [-0.1, -0.05) is 24.0 Å². The maximum Gasteiger partial charge on any atom is 0.336 e. The molecule has 0 fully saturated rings. The van der Waals surface area contributed by atoms with Gasteiger partial charge in [0.1, 0.15) is 0 Å². The minimum absolute atomic E-state index is 0.205. The first kappa shape index (κ1) is 10.8. The fraction of sp³-hybridized carbons (Fsp3) is 0. The van der Waals surface area contributed by atoms with Gasteiger partial charge in [-0.05, 0) is 23.6 Å². The number of carboxylic acid groups (broad SMARTS) is 1. The van der Waals surface area contributed by atoms with Gasteiger partial charge in [-0.3, -0.25) is 0 Å². The number of carboxylic acids is 1. The summed E-state index contributed by atoms with van der Waals surface area (Å²) >= 11 is 0. The van der Waals surface area contributed by atoms with Gasteiger partial charge in [-0.2, -0.15) is 0 Å². The zero-order valence-electron chi connectivity index (χ0n) is 8.90. The van der Waals surface area contributed by atoms with E-state index in [4.69, 9.17) is 18.0 Å². The third kappa shape index (κ3) is 1.62. The van der Waals surface area contributed by atoms with Crippen molar-refractivity contribution >= 4 is 16.7 Å². The number of hydrogen-bond donors (Lipinski definition) is 1. The van der Waals surface area contributed by atoms with E-state index in [1.165, 1.54) is 6.07 Å². The second-order valence-electron chi connectivity index (χ2n) is 3.48. The summed E-state index contributed by atoms with van der Waals surface area (Å²) in [7, 11) is 0. The highest BCUT2D eigenvalue weighted by atomic mass is 16.4. The molecule has 0 unspecified atom stereocenters. The van der Waals surface area contributed by atoms with Crippen molar-refractivity contribution in [2.24, 2.45) is 0 Å². The molecule has 80 valence electrons. The molecule has 2 nitrogen and oxygen atoms in total. The number of fused-ring (bicyclic) bond motifs is 1. The number of aromatic carboxylic acids is 1. The van der Waals surface area contributed by atoms with Crippen LogP contribution in [0.4, 0.5) is 0 Å². The number of hydrogen-bond acceptors (Lipinski definition) is 1. The van der Waals surface area contributed by atoms with Crippen LogP contribution >= 0.6 is 0 Å². The Morgan fingerprint density at radius 2 is 1.71 bits per heavy atom. The quantitative estimate of drug-likeness (QED) is 0.750. The highest BCUT2D eigenvalue weighted by Gasteiger charge is 2.12. The average Bonchev–Trinajstić information content (AvgIpc) is 2.36. The lowest BCUT2D eigenvalue weighted by Crippen LogP contribution is -1.99. The molecule has 2 heteroatoms. The lowest BCUT2D eigenvalue weighted by Gasteiger charge is -2.07. The second-order valence-corrected chi connectivity index (χ2v) is 3.48. The third-order valence-electron chi connectivity index (χ3n) is 2.58. The largest absolute Gasteiger partial charge is 0.478 e. The van der Waals surface area contributed by atoms with E-state index in [1.54, 1.807) is 24.3 Å². The van der Waals surface area contributed by atoms with Crippen molar-refractivity contribution in [3.63, 3.8) is 0 Å². The molecule has 0 spiro atoms. The molecule has 0 amide bonds. The van der Waals surface area contributed by atoms with Crippen LogP contribution in [-0.2, 0) is 0 Å². The van der Waals surface area contributed by atoms with E-state index in [-0.39, 0.29) is 5.56 Å². The Kier molecular flexibility index (Phi) is 2.57. The van der Waals surface area contributed by atoms with E-state index < -0.39 is 5.97 Å². The lowest BCUT2D eigenvalue weighted by atomic mass is 9.96. The summed E-state index contributed by atoms with van der Waals surface area (Å²) < 4.78 is 0. The number of benzene rings is 2. The van der Waals surface area contributed by atoms with E-state index in [0.717, 1.165) is 0 Å². The molecule has 0 aliphatic heterocycles. The molecule has 0 atom stereocenters. The van der Waals surface area contributed by atoms with Crippen molar-refractivity contribution in [2.45, 2.75) is 0 Å². The molecule has 0 aliphatic rings. The highest BCUT2D eigenvalue weighted by molar-refractivity contribution is 6.07. The van der Waals surface area contributed by atoms with Crippen molar-refractivity contribution in [3.05, 3.63) is 47.0 Å². The third-order valence-corrected chi connectivity index (χ3v) is 2.58. The monoisotopic (exact) mass is 220 g/mol. The van der Waals surface area contributed by atoms with Crippen LogP contribution in [0.25, 0.3) is 10.8 Å². The van der Waals surface area contributed by atoms with E-state index in [2.05, 4.69) is 11.8 Å². The Bertz CT molecular complexity index is 677. The summed E-state index contributed by atoms with van der Waals surface area (Å²) in [6, 6.07) is 8.28. The topological polar surface area (TPSA) is 37.3 Å². The molecule has 0 saturated heterocycles. The zero-order valence-corrected chi connectivity index (χ0v) is 8.90. The zero-order chi connectivity index (χ0) is 12.4. The molecule has 0 aliphatic carbocycles. The Labute approximate surface area is 98.9 Å². The van der Waals surface area contributed by atoms with Crippen LogP contribution in [0.3, 0.4) is 0 Å². The molecule has 0 aromatic heterocycles. The minimum atomic E-state index is -0.993. The Hall–Kier alpha value is -2.71. The van der Waals surface area contributed by atoms with Crippen LogP contribution in [0.2, 0.25) is 0 Å². The summed E-state index contributed by atoms with van der Waals surface area (Å²) in [5, 5.41) is 10.3. The van der Waals surface area contributed by atoms with Crippen molar-refractivity contribution in [3.8, 4) is 24.7 Å². The summed E-state index contributed by atoms with van der Waals surface area (Å²) in [5.74, 6) is 4.05.